The Hall–Kier alpha value is -2.80. The molecule has 8 heteroatoms. The van der Waals surface area contributed by atoms with E-state index in [0.717, 1.165) is 22.3 Å². The highest BCUT2D eigenvalue weighted by Crippen LogP contribution is 2.31. The lowest BCUT2D eigenvalue weighted by atomic mass is 10.1. The second kappa shape index (κ2) is 6.74. The first-order chi connectivity index (χ1) is 13.0. The number of nitrogens with zero attached hydrogens (tertiary/aromatic N) is 4. The Morgan fingerprint density at radius 2 is 2.11 bits per heavy atom. The average molecular weight is 386 g/mol. The number of hydrogen-bond acceptors (Lipinski definition) is 5. The SMILES string of the molecule is COc1cc(N2CC(NC(=O)c3ccc4c(C)n(C)nc4c3)C2)c(Cl)cn1. The van der Waals surface area contributed by atoms with Crippen LogP contribution in [0.25, 0.3) is 10.9 Å². The molecule has 1 amide bonds. The molecule has 3 heterocycles. The van der Waals surface area contributed by atoms with Gasteiger partial charge < -0.3 is 15.0 Å². The highest BCUT2D eigenvalue weighted by Gasteiger charge is 2.30. The van der Waals surface area contributed by atoms with E-state index in [1.54, 1.807) is 19.4 Å². The van der Waals surface area contributed by atoms with Crippen molar-refractivity contribution in [3.8, 4) is 5.88 Å². The molecule has 0 spiro atoms. The molecule has 1 aliphatic heterocycles. The van der Waals surface area contributed by atoms with Crippen molar-refractivity contribution in [2.75, 3.05) is 25.1 Å². The quantitative estimate of drug-likeness (QED) is 0.747. The van der Waals surface area contributed by atoms with Gasteiger partial charge in [0.2, 0.25) is 5.88 Å². The molecule has 0 aliphatic carbocycles. The molecule has 1 aromatic carbocycles. The number of carbonyl (C=O) groups is 1. The Kier molecular flexibility index (Phi) is 4.39. The zero-order valence-corrected chi connectivity index (χ0v) is 16.1. The van der Waals surface area contributed by atoms with Gasteiger partial charge in [0.1, 0.15) is 0 Å². The van der Waals surface area contributed by atoms with Gasteiger partial charge in [-0.25, -0.2) is 4.98 Å². The van der Waals surface area contributed by atoms with Gasteiger partial charge in [-0.2, -0.15) is 5.10 Å². The predicted molar refractivity (Wildman–Crippen MR) is 105 cm³/mol. The fraction of sp³-hybridized carbons (Fsp3) is 0.316. The molecule has 1 saturated heterocycles. The number of halogens is 1. The van der Waals surface area contributed by atoms with Crippen LogP contribution in [0.4, 0.5) is 5.69 Å². The van der Waals surface area contributed by atoms with Crippen molar-refractivity contribution in [2.24, 2.45) is 7.05 Å². The topological polar surface area (TPSA) is 72.3 Å². The maximum atomic E-state index is 12.6. The smallest absolute Gasteiger partial charge is 0.251 e. The van der Waals surface area contributed by atoms with E-state index in [1.807, 2.05) is 36.9 Å². The minimum atomic E-state index is -0.0942. The Bertz CT molecular complexity index is 1030. The summed E-state index contributed by atoms with van der Waals surface area (Å²) in [6.45, 7) is 3.38. The van der Waals surface area contributed by atoms with Crippen molar-refractivity contribution >= 4 is 34.1 Å². The summed E-state index contributed by atoms with van der Waals surface area (Å²) in [5, 5.41) is 9.13. The molecule has 4 rings (SSSR count). The molecule has 1 fully saturated rings. The number of hydrogen-bond donors (Lipinski definition) is 1. The van der Waals surface area contributed by atoms with Crippen molar-refractivity contribution in [3.63, 3.8) is 0 Å². The zero-order chi connectivity index (χ0) is 19.1. The molecule has 0 radical (unpaired) electrons. The number of ether oxygens (including phenoxy) is 1. The van der Waals surface area contributed by atoms with Gasteiger partial charge in [0.15, 0.2) is 0 Å². The molecule has 0 atom stereocenters. The maximum absolute atomic E-state index is 12.6. The van der Waals surface area contributed by atoms with Gasteiger partial charge in [-0.15, -0.1) is 0 Å². The van der Waals surface area contributed by atoms with E-state index < -0.39 is 0 Å². The fourth-order valence-electron chi connectivity index (χ4n) is 3.27. The number of carbonyl (C=O) groups excluding carboxylic acids is 1. The number of aromatic nitrogens is 3. The van der Waals surface area contributed by atoms with E-state index in [-0.39, 0.29) is 11.9 Å². The summed E-state index contributed by atoms with van der Waals surface area (Å²) in [6.07, 6.45) is 1.58. The minimum Gasteiger partial charge on any atom is -0.481 e. The van der Waals surface area contributed by atoms with Gasteiger partial charge in [-0.1, -0.05) is 17.7 Å². The number of methoxy groups -OCH3 is 1. The highest BCUT2D eigenvalue weighted by molar-refractivity contribution is 6.33. The number of aryl methyl sites for hydroxylation is 2. The molecule has 7 nitrogen and oxygen atoms in total. The number of fused-ring (bicyclic) bond motifs is 1. The minimum absolute atomic E-state index is 0.0638. The highest BCUT2D eigenvalue weighted by atomic mass is 35.5. The van der Waals surface area contributed by atoms with Crippen molar-refractivity contribution in [1.82, 2.24) is 20.1 Å². The monoisotopic (exact) mass is 385 g/mol. The summed E-state index contributed by atoms with van der Waals surface area (Å²) < 4.78 is 6.97. The van der Waals surface area contributed by atoms with Crippen LogP contribution in [0, 0.1) is 6.92 Å². The number of benzene rings is 1. The maximum Gasteiger partial charge on any atom is 0.251 e. The van der Waals surface area contributed by atoms with Crippen LogP contribution >= 0.6 is 11.6 Å². The molecule has 2 aromatic heterocycles. The lowest BCUT2D eigenvalue weighted by Crippen LogP contribution is -2.59. The van der Waals surface area contributed by atoms with Crippen LogP contribution in [-0.2, 0) is 7.05 Å². The number of anilines is 1. The molecular formula is C19H20ClN5O2. The van der Waals surface area contributed by atoms with Crippen LogP contribution in [0.2, 0.25) is 5.02 Å². The second-order valence-electron chi connectivity index (χ2n) is 6.69. The van der Waals surface area contributed by atoms with Gasteiger partial charge in [0, 0.05) is 42.8 Å². The molecule has 1 aliphatic rings. The third-order valence-corrected chi connectivity index (χ3v) is 5.26. The van der Waals surface area contributed by atoms with Crippen LogP contribution in [0.5, 0.6) is 5.88 Å². The normalized spacial score (nSPS) is 14.3. The molecule has 0 unspecified atom stereocenters. The van der Waals surface area contributed by atoms with E-state index in [1.165, 1.54) is 0 Å². The largest absolute Gasteiger partial charge is 0.481 e. The molecule has 140 valence electrons. The Morgan fingerprint density at radius 1 is 1.33 bits per heavy atom. The molecular weight excluding hydrogens is 366 g/mol. The molecule has 27 heavy (non-hydrogen) atoms. The predicted octanol–water partition coefficient (Wildman–Crippen LogP) is 2.56. The summed E-state index contributed by atoms with van der Waals surface area (Å²) in [5.41, 5.74) is 3.38. The Labute approximate surface area is 161 Å². The number of rotatable bonds is 4. The van der Waals surface area contributed by atoms with Gasteiger partial charge >= 0.3 is 0 Å². The van der Waals surface area contributed by atoms with Gasteiger partial charge in [0.05, 0.1) is 35.6 Å². The molecule has 0 saturated carbocycles. The van der Waals surface area contributed by atoms with E-state index in [4.69, 9.17) is 16.3 Å². The van der Waals surface area contributed by atoms with Crippen molar-refractivity contribution in [1.29, 1.82) is 0 Å². The van der Waals surface area contributed by atoms with Crippen LogP contribution in [0.15, 0.2) is 30.5 Å². The van der Waals surface area contributed by atoms with Crippen LogP contribution in [-0.4, -0.2) is 46.9 Å². The van der Waals surface area contributed by atoms with Crippen molar-refractivity contribution in [3.05, 3.63) is 46.7 Å². The van der Waals surface area contributed by atoms with Crippen LogP contribution in [0.3, 0.4) is 0 Å². The summed E-state index contributed by atoms with van der Waals surface area (Å²) in [5.74, 6) is 0.420. The van der Waals surface area contributed by atoms with Crippen LogP contribution < -0.4 is 15.0 Å². The second-order valence-corrected chi connectivity index (χ2v) is 7.10. The molecule has 1 N–H and O–H groups in total. The van der Waals surface area contributed by atoms with E-state index in [0.29, 0.717) is 29.6 Å². The van der Waals surface area contributed by atoms with Crippen molar-refractivity contribution in [2.45, 2.75) is 13.0 Å². The molecule has 0 bridgehead atoms. The lowest BCUT2D eigenvalue weighted by molar-refractivity contribution is 0.0930. The lowest BCUT2D eigenvalue weighted by Gasteiger charge is -2.41. The van der Waals surface area contributed by atoms with Crippen LogP contribution in [0.1, 0.15) is 16.1 Å². The van der Waals surface area contributed by atoms with E-state index in [9.17, 15) is 4.79 Å². The third kappa shape index (κ3) is 3.19. The van der Waals surface area contributed by atoms with E-state index >= 15 is 0 Å². The number of amides is 1. The first-order valence-electron chi connectivity index (χ1n) is 8.65. The third-order valence-electron chi connectivity index (χ3n) is 4.97. The summed E-state index contributed by atoms with van der Waals surface area (Å²) in [6, 6.07) is 7.49. The first-order valence-corrected chi connectivity index (χ1v) is 9.02. The number of nitrogens with one attached hydrogen (secondary N) is 1. The Balaban J connectivity index is 1.42. The van der Waals surface area contributed by atoms with Crippen molar-refractivity contribution < 1.29 is 9.53 Å². The fourth-order valence-corrected chi connectivity index (χ4v) is 3.49. The molecule has 3 aromatic rings. The summed E-state index contributed by atoms with van der Waals surface area (Å²) in [4.78, 5) is 18.7. The van der Waals surface area contributed by atoms with Gasteiger partial charge in [0.25, 0.3) is 5.91 Å². The average Bonchev–Trinajstić information content (AvgIpc) is 2.92. The summed E-state index contributed by atoms with van der Waals surface area (Å²) in [7, 11) is 3.47. The Morgan fingerprint density at radius 3 is 2.85 bits per heavy atom. The van der Waals surface area contributed by atoms with Gasteiger partial charge in [-0.3, -0.25) is 9.48 Å². The van der Waals surface area contributed by atoms with E-state index in [2.05, 4.69) is 20.3 Å². The summed E-state index contributed by atoms with van der Waals surface area (Å²) >= 11 is 6.22. The van der Waals surface area contributed by atoms with Gasteiger partial charge in [-0.05, 0) is 19.1 Å². The standard InChI is InChI=1S/C19H20ClN5O2/c1-11-14-5-4-12(6-16(14)23-24(11)2)19(26)22-13-9-25(10-13)17-7-18(27-3)21-8-15(17)20/h4-8,13H,9-10H2,1-3H3,(H,22,26). The first kappa shape index (κ1) is 17.6. The number of pyridine rings is 1. The zero-order valence-electron chi connectivity index (χ0n) is 15.4.